The number of amidine groups is 1. The molecule has 0 radical (unpaired) electrons. The van der Waals surface area contributed by atoms with Crippen LogP contribution in [-0.2, 0) is 16.4 Å². The predicted molar refractivity (Wildman–Crippen MR) is 91.6 cm³/mol. The van der Waals surface area contributed by atoms with Crippen molar-refractivity contribution < 1.29 is 12.8 Å². The van der Waals surface area contributed by atoms with E-state index in [-0.39, 0.29) is 4.90 Å². The lowest BCUT2D eigenvalue weighted by Gasteiger charge is -1.97. The Hall–Kier alpha value is -3.00. The van der Waals surface area contributed by atoms with Crippen LogP contribution in [0, 0.1) is 0 Å². The van der Waals surface area contributed by atoms with Crippen molar-refractivity contribution in [1.82, 2.24) is 14.9 Å². The summed E-state index contributed by atoms with van der Waals surface area (Å²) in [6, 6.07) is 16.2. The highest BCUT2D eigenvalue weighted by Gasteiger charge is 2.29. The smallest absolute Gasteiger partial charge is 0.263 e. The van der Waals surface area contributed by atoms with Crippen molar-refractivity contribution in [2.75, 3.05) is 6.54 Å². The molecule has 0 spiro atoms. The minimum atomic E-state index is -3.51. The van der Waals surface area contributed by atoms with E-state index in [1.54, 1.807) is 24.3 Å². The number of aliphatic imine (C=N–C) groups is 1. The van der Waals surface area contributed by atoms with Gasteiger partial charge < -0.3 is 4.42 Å². The second-order valence-corrected chi connectivity index (χ2v) is 7.10. The number of aromatic nitrogens is 2. The number of rotatable bonds is 4. The molecule has 0 saturated heterocycles. The molecular weight excluding hydrogens is 340 g/mol. The summed E-state index contributed by atoms with van der Waals surface area (Å²) in [4.78, 5) is 4.58. The maximum atomic E-state index is 12.0. The zero-order chi connectivity index (χ0) is 17.3. The van der Waals surface area contributed by atoms with Gasteiger partial charge in [0.2, 0.25) is 11.8 Å². The van der Waals surface area contributed by atoms with Gasteiger partial charge in [0.1, 0.15) is 5.84 Å². The highest BCUT2D eigenvalue weighted by molar-refractivity contribution is 7.90. The summed E-state index contributed by atoms with van der Waals surface area (Å²) in [5.74, 6) is 1.26. The van der Waals surface area contributed by atoms with Crippen LogP contribution in [0.5, 0.6) is 0 Å². The summed E-state index contributed by atoms with van der Waals surface area (Å²) in [5.41, 5.74) is 1.43. The number of hydrogen-bond acceptors (Lipinski definition) is 6. The Morgan fingerprint density at radius 2 is 1.76 bits per heavy atom. The van der Waals surface area contributed by atoms with Crippen molar-refractivity contribution in [2.24, 2.45) is 4.99 Å². The van der Waals surface area contributed by atoms with Crippen LogP contribution in [0.2, 0.25) is 0 Å². The van der Waals surface area contributed by atoms with Crippen molar-refractivity contribution >= 4 is 15.9 Å². The van der Waals surface area contributed by atoms with Crippen LogP contribution in [0.1, 0.15) is 11.5 Å². The second kappa shape index (κ2) is 6.14. The molecule has 0 amide bonds. The van der Waals surface area contributed by atoms with Gasteiger partial charge in [-0.25, -0.2) is 8.42 Å². The standard InChI is InChI=1S/C17H14N4O3S/c22-25(23)14-9-5-4-8-13(14)16(21-25)18-11-10-15-19-20-17(24-15)12-6-2-1-3-7-12/h1-9H,10-11H2,(H,18,21). The SMILES string of the molecule is O=S1(=O)NC(=NCCc2nnc(-c3ccccc3)o2)c2ccccc21. The molecule has 0 fully saturated rings. The van der Waals surface area contributed by atoms with Gasteiger partial charge in [-0.3, -0.25) is 9.71 Å². The molecular formula is C17H14N4O3S. The van der Waals surface area contributed by atoms with E-state index in [0.717, 1.165) is 5.56 Å². The number of sulfonamides is 1. The van der Waals surface area contributed by atoms with E-state index >= 15 is 0 Å². The molecule has 1 aliphatic rings. The van der Waals surface area contributed by atoms with Gasteiger partial charge in [0.15, 0.2) is 0 Å². The fourth-order valence-electron chi connectivity index (χ4n) is 2.57. The average Bonchev–Trinajstić information content (AvgIpc) is 3.20. The molecule has 126 valence electrons. The molecule has 1 aromatic heterocycles. The normalized spacial score (nSPS) is 16.6. The Balaban J connectivity index is 1.49. The molecule has 0 unspecified atom stereocenters. The number of nitrogens with zero attached hydrogens (tertiary/aromatic N) is 3. The zero-order valence-electron chi connectivity index (χ0n) is 13.1. The van der Waals surface area contributed by atoms with E-state index in [4.69, 9.17) is 4.42 Å². The summed E-state index contributed by atoms with van der Waals surface area (Å²) in [6.07, 6.45) is 0.424. The fourth-order valence-corrected chi connectivity index (χ4v) is 3.82. The van der Waals surface area contributed by atoms with Crippen molar-refractivity contribution in [3.63, 3.8) is 0 Å². The van der Waals surface area contributed by atoms with Crippen LogP contribution in [0.3, 0.4) is 0 Å². The molecule has 4 rings (SSSR count). The largest absolute Gasteiger partial charge is 0.421 e. The Bertz CT molecular complexity index is 1040. The van der Waals surface area contributed by atoms with Gasteiger partial charge in [0, 0.05) is 17.5 Å². The predicted octanol–water partition coefficient (Wildman–Crippen LogP) is 2.02. The summed E-state index contributed by atoms with van der Waals surface area (Å²) in [5, 5.41) is 8.02. The minimum Gasteiger partial charge on any atom is -0.421 e. The van der Waals surface area contributed by atoms with E-state index in [0.29, 0.717) is 36.1 Å². The van der Waals surface area contributed by atoms with Crippen molar-refractivity contribution in [1.29, 1.82) is 0 Å². The lowest BCUT2D eigenvalue weighted by molar-refractivity contribution is 0.507. The third-order valence-corrected chi connectivity index (χ3v) is 5.14. The maximum Gasteiger partial charge on any atom is 0.263 e. The highest BCUT2D eigenvalue weighted by Crippen LogP contribution is 2.22. The third-order valence-electron chi connectivity index (χ3n) is 3.75. The molecule has 8 heteroatoms. The van der Waals surface area contributed by atoms with Crippen molar-refractivity contribution in [3.8, 4) is 11.5 Å². The van der Waals surface area contributed by atoms with Crippen molar-refractivity contribution in [3.05, 3.63) is 66.1 Å². The monoisotopic (exact) mass is 354 g/mol. The Morgan fingerprint density at radius 1 is 1.00 bits per heavy atom. The summed E-state index contributed by atoms with van der Waals surface area (Å²) in [6.45, 7) is 0.336. The molecule has 2 aromatic carbocycles. The number of fused-ring (bicyclic) bond motifs is 1. The van der Waals surface area contributed by atoms with E-state index in [9.17, 15) is 8.42 Å². The molecule has 0 atom stereocenters. The van der Waals surface area contributed by atoms with Gasteiger partial charge >= 0.3 is 0 Å². The van der Waals surface area contributed by atoms with E-state index in [1.807, 2.05) is 30.3 Å². The third kappa shape index (κ3) is 3.03. The lowest BCUT2D eigenvalue weighted by atomic mass is 10.2. The van der Waals surface area contributed by atoms with E-state index < -0.39 is 10.0 Å². The van der Waals surface area contributed by atoms with Crippen LogP contribution in [0.4, 0.5) is 0 Å². The van der Waals surface area contributed by atoms with Gasteiger partial charge in [-0.15, -0.1) is 10.2 Å². The number of nitrogens with one attached hydrogen (secondary N) is 1. The summed E-state index contributed by atoms with van der Waals surface area (Å²) in [7, 11) is -3.51. The molecule has 1 N–H and O–H groups in total. The molecule has 2 heterocycles. The first-order valence-corrected chi connectivity index (χ1v) is 9.16. The Labute approximate surface area is 144 Å². The molecule has 3 aromatic rings. The Kier molecular flexibility index (Phi) is 3.81. The minimum absolute atomic E-state index is 0.248. The van der Waals surface area contributed by atoms with Crippen LogP contribution >= 0.6 is 0 Å². The quantitative estimate of drug-likeness (QED) is 0.773. The fraction of sp³-hybridized carbons (Fsp3) is 0.118. The zero-order valence-corrected chi connectivity index (χ0v) is 13.9. The average molecular weight is 354 g/mol. The second-order valence-electron chi connectivity index (χ2n) is 5.45. The molecule has 0 bridgehead atoms. The lowest BCUT2D eigenvalue weighted by Crippen LogP contribution is -2.22. The molecule has 1 aliphatic heterocycles. The van der Waals surface area contributed by atoms with Gasteiger partial charge in [-0.1, -0.05) is 30.3 Å². The van der Waals surface area contributed by atoms with Crippen molar-refractivity contribution in [2.45, 2.75) is 11.3 Å². The van der Waals surface area contributed by atoms with Gasteiger partial charge in [-0.05, 0) is 24.3 Å². The van der Waals surface area contributed by atoms with Crippen LogP contribution in [-0.4, -0.2) is 31.0 Å². The van der Waals surface area contributed by atoms with Gasteiger partial charge in [0.25, 0.3) is 10.0 Å². The molecule has 7 nitrogen and oxygen atoms in total. The molecule has 25 heavy (non-hydrogen) atoms. The first-order valence-electron chi connectivity index (χ1n) is 7.68. The number of hydrogen-bond donors (Lipinski definition) is 1. The maximum absolute atomic E-state index is 12.0. The van der Waals surface area contributed by atoms with Crippen LogP contribution < -0.4 is 4.72 Å². The number of benzene rings is 2. The van der Waals surface area contributed by atoms with Crippen LogP contribution in [0.25, 0.3) is 11.5 Å². The van der Waals surface area contributed by atoms with Gasteiger partial charge in [-0.2, -0.15) is 0 Å². The van der Waals surface area contributed by atoms with E-state index in [2.05, 4.69) is 19.9 Å². The first kappa shape index (κ1) is 15.5. The summed E-state index contributed by atoms with van der Waals surface area (Å²) < 4.78 is 32.1. The molecule has 0 aliphatic carbocycles. The molecule has 0 saturated carbocycles. The summed E-state index contributed by atoms with van der Waals surface area (Å²) >= 11 is 0. The highest BCUT2D eigenvalue weighted by atomic mass is 32.2. The topological polar surface area (TPSA) is 97.5 Å². The first-order chi connectivity index (χ1) is 12.1. The van der Waals surface area contributed by atoms with E-state index in [1.165, 1.54) is 0 Å². The van der Waals surface area contributed by atoms with Crippen LogP contribution in [0.15, 0.2) is 68.9 Å². The Morgan fingerprint density at radius 3 is 2.60 bits per heavy atom. The van der Waals surface area contributed by atoms with Gasteiger partial charge in [0.05, 0.1) is 11.4 Å².